The SMILES string of the molecule is CC(C(=O)N1CCN(Cc2cccc(F)c2)CC1)n1ccc(C(=O)O)n1. The molecule has 1 atom stereocenters. The number of aromatic nitrogens is 2. The summed E-state index contributed by atoms with van der Waals surface area (Å²) in [5, 5.41) is 12.9. The van der Waals surface area contributed by atoms with Gasteiger partial charge in [0.2, 0.25) is 5.91 Å². The second-order valence-corrected chi connectivity index (χ2v) is 6.39. The van der Waals surface area contributed by atoms with Gasteiger partial charge in [-0.25, -0.2) is 9.18 Å². The number of benzene rings is 1. The van der Waals surface area contributed by atoms with Gasteiger partial charge in [0, 0.05) is 38.9 Å². The minimum absolute atomic E-state index is 0.0791. The largest absolute Gasteiger partial charge is 0.476 e. The summed E-state index contributed by atoms with van der Waals surface area (Å²) in [5.74, 6) is -1.45. The first-order chi connectivity index (χ1) is 12.4. The smallest absolute Gasteiger partial charge is 0.356 e. The molecule has 0 saturated carbocycles. The monoisotopic (exact) mass is 360 g/mol. The van der Waals surface area contributed by atoms with Crippen molar-refractivity contribution in [1.29, 1.82) is 0 Å². The van der Waals surface area contributed by atoms with Gasteiger partial charge < -0.3 is 10.0 Å². The van der Waals surface area contributed by atoms with Gasteiger partial charge in [-0.3, -0.25) is 14.4 Å². The molecule has 0 bridgehead atoms. The van der Waals surface area contributed by atoms with Crippen LogP contribution in [0.25, 0.3) is 0 Å². The van der Waals surface area contributed by atoms with Gasteiger partial charge in [0.1, 0.15) is 11.9 Å². The predicted octanol–water partition coefficient (Wildman–Crippen LogP) is 1.63. The zero-order chi connectivity index (χ0) is 18.7. The molecule has 1 amide bonds. The van der Waals surface area contributed by atoms with Crippen LogP contribution in [-0.2, 0) is 11.3 Å². The molecule has 0 radical (unpaired) electrons. The number of hydrogen-bond acceptors (Lipinski definition) is 4. The Morgan fingerprint density at radius 3 is 2.58 bits per heavy atom. The fraction of sp³-hybridized carbons (Fsp3) is 0.389. The number of carboxylic acid groups (broad SMARTS) is 1. The molecule has 1 N–H and O–H groups in total. The molecule has 3 rings (SSSR count). The van der Waals surface area contributed by atoms with Crippen molar-refractivity contribution in [2.45, 2.75) is 19.5 Å². The van der Waals surface area contributed by atoms with Crippen LogP contribution in [0, 0.1) is 5.82 Å². The highest BCUT2D eigenvalue weighted by molar-refractivity contribution is 5.85. The molecule has 1 unspecified atom stereocenters. The second-order valence-electron chi connectivity index (χ2n) is 6.39. The average molecular weight is 360 g/mol. The Labute approximate surface area is 150 Å². The van der Waals surface area contributed by atoms with Crippen molar-refractivity contribution < 1.29 is 19.1 Å². The molecule has 1 aliphatic rings. The van der Waals surface area contributed by atoms with Gasteiger partial charge in [-0.1, -0.05) is 12.1 Å². The first-order valence-electron chi connectivity index (χ1n) is 8.48. The summed E-state index contributed by atoms with van der Waals surface area (Å²) in [6.07, 6.45) is 1.51. The van der Waals surface area contributed by atoms with Crippen molar-refractivity contribution in [1.82, 2.24) is 19.6 Å². The number of nitrogens with zero attached hydrogens (tertiary/aromatic N) is 4. The number of aromatic carboxylic acids is 1. The number of halogens is 1. The van der Waals surface area contributed by atoms with Crippen LogP contribution < -0.4 is 0 Å². The van der Waals surface area contributed by atoms with E-state index in [4.69, 9.17) is 5.11 Å². The second kappa shape index (κ2) is 7.65. The molecule has 2 aromatic rings. The number of piperazine rings is 1. The quantitative estimate of drug-likeness (QED) is 0.877. The molecule has 1 aliphatic heterocycles. The third-order valence-electron chi connectivity index (χ3n) is 4.56. The van der Waals surface area contributed by atoms with Gasteiger partial charge >= 0.3 is 5.97 Å². The van der Waals surface area contributed by atoms with E-state index in [2.05, 4.69) is 10.00 Å². The average Bonchev–Trinajstić information content (AvgIpc) is 3.12. The maximum Gasteiger partial charge on any atom is 0.356 e. The molecule has 0 spiro atoms. The first-order valence-corrected chi connectivity index (χ1v) is 8.48. The standard InChI is InChI=1S/C18H21FN4O3/c1-13(23-6-5-16(20-23)18(25)26)17(24)22-9-7-21(8-10-22)12-14-3-2-4-15(19)11-14/h2-6,11,13H,7-10,12H2,1H3,(H,25,26). The fourth-order valence-electron chi connectivity index (χ4n) is 3.07. The van der Waals surface area contributed by atoms with Crippen LogP contribution in [0.2, 0.25) is 0 Å². The van der Waals surface area contributed by atoms with E-state index in [-0.39, 0.29) is 17.4 Å². The lowest BCUT2D eigenvalue weighted by Crippen LogP contribution is -2.50. The van der Waals surface area contributed by atoms with E-state index in [0.717, 1.165) is 5.56 Å². The van der Waals surface area contributed by atoms with Crippen molar-refractivity contribution in [2.75, 3.05) is 26.2 Å². The van der Waals surface area contributed by atoms with E-state index in [0.29, 0.717) is 32.7 Å². The van der Waals surface area contributed by atoms with Crippen molar-refractivity contribution in [3.05, 3.63) is 53.6 Å². The van der Waals surface area contributed by atoms with Crippen LogP contribution in [0.15, 0.2) is 36.5 Å². The maximum atomic E-state index is 13.3. The number of rotatable bonds is 5. The van der Waals surface area contributed by atoms with E-state index in [9.17, 15) is 14.0 Å². The summed E-state index contributed by atoms with van der Waals surface area (Å²) in [6.45, 7) is 4.91. The first kappa shape index (κ1) is 18.1. The zero-order valence-corrected chi connectivity index (χ0v) is 14.5. The topological polar surface area (TPSA) is 78.7 Å². The highest BCUT2D eigenvalue weighted by atomic mass is 19.1. The molecule has 2 heterocycles. The van der Waals surface area contributed by atoms with Crippen molar-refractivity contribution in [3.63, 3.8) is 0 Å². The third-order valence-corrected chi connectivity index (χ3v) is 4.56. The number of carbonyl (C=O) groups is 2. The fourth-order valence-corrected chi connectivity index (χ4v) is 3.07. The van der Waals surface area contributed by atoms with Gasteiger partial charge in [0.15, 0.2) is 5.69 Å². The lowest BCUT2D eigenvalue weighted by Gasteiger charge is -2.36. The molecule has 1 fully saturated rings. The highest BCUT2D eigenvalue weighted by Crippen LogP contribution is 2.14. The molecule has 1 aromatic carbocycles. The summed E-state index contributed by atoms with van der Waals surface area (Å²) >= 11 is 0. The van der Waals surface area contributed by atoms with Crippen molar-refractivity contribution in [2.24, 2.45) is 0 Å². The van der Waals surface area contributed by atoms with Gasteiger partial charge in [-0.05, 0) is 30.7 Å². The van der Waals surface area contributed by atoms with Gasteiger partial charge in [-0.15, -0.1) is 0 Å². The minimum atomic E-state index is -1.12. The molecule has 26 heavy (non-hydrogen) atoms. The lowest BCUT2D eigenvalue weighted by molar-refractivity contribution is -0.136. The van der Waals surface area contributed by atoms with Crippen LogP contribution in [-0.4, -0.2) is 62.7 Å². The molecular formula is C18H21FN4O3. The Kier molecular flexibility index (Phi) is 5.32. The maximum absolute atomic E-state index is 13.3. The van der Waals surface area contributed by atoms with E-state index < -0.39 is 12.0 Å². The molecule has 7 nitrogen and oxygen atoms in total. The van der Waals surface area contributed by atoms with Gasteiger partial charge in [0.25, 0.3) is 0 Å². The predicted molar refractivity (Wildman–Crippen MR) is 92.2 cm³/mol. The van der Waals surface area contributed by atoms with Crippen LogP contribution in [0.1, 0.15) is 29.0 Å². The Hall–Kier alpha value is -2.74. The third kappa shape index (κ3) is 4.08. The van der Waals surface area contributed by atoms with Gasteiger partial charge in [0.05, 0.1) is 0 Å². The van der Waals surface area contributed by atoms with Crippen LogP contribution in [0.5, 0.6) is 0 Å². The van der Waals surface area contributed by atoms with E-state index in [1.165, 1.54) is 29.1 Å². The summed E-state index contributed by atoms with van der Waals surface area (Å²) < 4.78 is 14.7. The van der Waals surface area contributed by atoms with Crippen LogP contribution in [0.4, 0.5) is 4.39 Å². The molecule has 0 aliphatic carbocycles. The zero-order valence-electron chi connectivity index (χ0n) is 14.5. The van der Waals surface area contributed by atoms with Gasteiger partial charge in [-0.2, -0.15) is 5.10 Å². The molecule has 1 aromatic heterocycles. The van der Waals surface area contributed by atoms with E-state index in [1.54, 1.807) is 17.9 Å². The molecule has 138 valence electrons. The van der Waals surface area contributed by atoms with Crippen LogP contribution in [0.3, 0.4) is 0 Å². The number of carboxylic acids is 1. The van der Waals surface area contributed by atoms with Crippen molar-refractivity contribution >= 4 is 11.9 Å². The van der Waals surface area contributed by atoms with E-state index in [1.807, 2.05) is 6.07 Å². The summed E-state index contributed by atoms with van der Waals surface area (Å²) in [5.41, 5.74) is 0.834. The lowest BCUT2D eigenvalue weighted by atomic mass is 10.2. The normalized spacial score (nSPS) is 16.5. The number of carbonyl (C=O) groups excluding carboxylic acids is 1. The Bertz CT molecular complexity index is 799. The minimum Gasteiger partial charge on any atom is -0.476 e. The Morgan fingerprint density at radius 2 is 1.96 bits per heavy atom. The Morgan fingerprint density at radius 1 is 1.23 bits per heavy atom. The molecule has 8 heteroatoms. The summed E-state index contributed by atoms with van der Waals surface area (Å²) in [4.78, 5) is 27.5. The summed E-state index contributed by atoms with van der Waals surface area (Å²) in [6, 6.07) is 7.35. The number of amides is 1. The van der Waals surface area contributed by atoms with Crippen molar-refractivity contribution in [3.8, 4) is 0 Å². The molecule has 1 saturated heterocycles. The van der Waals surface area contributed by atoms with E-state index >= 15 is 0 Å². The van der Waals surface area contributed by atoms with Crippen LogP contribution >= 0.6 is 0 Å². The summed E-state index contributed by atoms with van der Waals surface area (Å²) in [7, 11) is 0. The number of hydrogen-bond donors (Lipinski definition) is 1. The Balaban J connectivity index is 1.55. The highest BCUT2D eigenvalue weighted by Gasteiger charge is 2.26. The molecular weight excluding hydrogens is 339 g/mol.